The van der Waals surface area contributed by atoms with Crippen LogP contribution in [0.2, 0.25) is 0 Å². The van der Waals surface area contributed by atoms with Crippen LogP contribution < -0.4 is 16.2 Å². The Balaban J connectivity index is 1.44. The molecule has 0 radical (unpaired) electrons. The minimum Gasteiger partial charge on any atom is -0.344 e. The number of rotatable bonds is 8. The lowest BCUT2D eigenvalue weighted by Crippen LogP contribution is -2.45. The average Bonchev–Trinajstić information content (AvgIpc) is 3.20. The van der Waals surface area contributed by atoms with Crippen molar-refractivity contribution in [3.63, 3.8) is 0 Å². The lowest BCUT2D eigenvalue weighted by Gasteiger charge is -2.19. The minimum absolute atomic E-state index is 0.0657. The number of para-hydroxylation sites is 1. The normalized spacial score (nSPS) is 11.8. The summed E-state index contributed by atoms with van der Waals surface area (Å²) in [7, 11) is 1.70. The summed E-state index contributed by atoms with van der Waals surface area (Å²) in [6, 6.07) is 17.8. The van der Waals surface area contributed by atoms with Crippen molar-refractivity contribution in [2.45, 2.75) is 25.3 Å². The predicted molar refractivity (Wildman–Crippen MR) is 125 cm³/mol. The summed E-state index contributed by atoms with van der Waals surface area (Å²) in [5.41, 5.74) is 1.74. The van der Waals surface area contributed by atoms with E-state index in [0.717, 1.165) is 5.56 Å². The van der Waals surface area contributed by atoms with Crippen molar-refractivity contribution in [2.24, 2.45) is 7.05 Å². The van der Waals surface area contributed by atoms with Crippen molar-refractivity contribution in [3.05, 3.63) is 88.6 Å². The topological polar surface area (TPSA) is 122 Å². The van der Waals surface area contributed by atoms with Gasteiger partial charge in [-0.2, -0.15) is 5.10 Å². The van der Waals surface area contributed by atoms with Crippen LogP contribution in [0, 0.1) is 0 Å². The van der Waals surface area contributed by atoms with Crippen LogP contribution in [0.1, 0.15) is 17.8 Å². The number of benzene rings is 2. The number of aromatic nitrogens is 4. The molecule has 0 fully saturated rings. The molecule has 2 amide bonds. The van der Waals surface area contributed by atoms with Crippen molar-refractivity contribution in [1.29, 1.82) is 0 Å². The molecule has 0 bridgehead atoms. The minimum atomic E-state index is -0.758. The first-order chi connectivity index (χ1) is 16.0. The first kappa shape index (κ1) is 21.9. The van der Waals surface area contributed by atoms with E-state index in [0.29, 0.717) is 29.0 Å². The number of nitrogens with zero attached hydrogens (tertiary/aromatic N) is 3. The third-order valence-corrected chi connectivity index (χ3v) is 5.22. The van der Waals surface area contributed by atoms with Gasteiger partial charge >= 0.3 is 0 Å². The number of carbonyl (C=O) groups excluding carboxylic acids is 2. The van der Waals surface area contributed by atoms with E-state index in [1.54, 1.807) is 19.2 Å². The van der Waals surface area contributed by atoms with Crippen LogP contribution in [0.25, 0.3) is 11.0 Å². The second-order valence-electron chi connectivity index (χ2n) is 7.68. The lowest BCUT2D eigenvalue weighted by atomic mass is 10.0. The number of anilines is 1. The van der Waals surface area contributed by atoms with Gasteiger partial charge in [-0.05, 0) is 17.7 Å². The Bertz CT molecular complexity index is 1310. The molecule has 0 saturated carbocycles. The SMILES string of the molecule is Cn1ncc2c(=O)[nH]c(CCC(=O)NC(Cc3ccccc3)C(=O)Nc3ccccc3)nc21. The number of amides is 2. The molecule has 0 saturated heterocycles. The summed E-state index contributed by atoms with van der Waals surface area (Å²) in [6.07, 6.45) is 2.09. The molecule has 3 N–H and O–H groups in total. The van der Waals surface area contributed by atoms with Gasteiger partial charge in [0.05, 0.1) is 6.20 Å². The van der Waals surface area contributed by atoms with Gasteiger partial charge < -0.3 is 15.6 Å². The highest BCUT2D eigenvalue weighted by Gasteiger charge is 2.22. The third kappa shape index (κ3) is 5.51. The van der Waals surface area contributed by atoms with Gasteiger partial charge in [0.25, 0.3) is 5.56 Å². The largest absolute Gasteiger partial charge is 0.344 e. The molecule has 2 aromatic carbocycles. The molecular weight excluding hydrogens is 420 g/mol. The third-order valence-electron chi connectivity index (χ3n) is 5.22. The number of fused-ring (bicyclic) bond motifs is 1. The van der Waals surface area contributed by atoms with Crippen LogP contribution in [0.5, 0.6) is 0 Å². The van der Waals surface area contributed by atoms with E-state index < -0.39 is 6.04 Å². The Morgan fingerprint density at radius 3 is 2.48 bits per heavy atom. The van der Waals surface area contributed by atoms with Gasteiger partial charge in [0.1, 0.15) is 17.3 Å². The summed E-state index contributed by atoms with van der Waals surface area (Å²) in [4.78, 5) is 44.9. The molecule has 1 atom stereocenters. The van der Waals surface area contributed by atoms with Gasteiger partial charge in [-0.3, -0.25) is 19.1 Å². The monoisotopic (exact) mass is 444 g/mol. The van der Waals surface area contributed by atoms with Crippen LogP contribution in [-0.4, -0.2) is 37.6 Å². The quantitative estimate of drug-likeness (QED) is 0.384. The van der Waals surface area contributed by atoms with Gasteiger partial charge in [0.15, 0.2) is 5.65 Å². The molecule has 0 spiro atoms. The Morgan fingerprint density at radius 1 is 1.06 bits per heavy atom. The maximum absolute atomic E-state index is 12.9. The van der Waals surface area contributed by atoms with Crippen molar-refractivity contribution in [3.8, 4) is 0 Å². The van der Waals surface area contributed by atoms with E-state index >= 15 is 0 Å². The molecule has 0 aliphatic carbocycles. The van der Waals surface area contributed by atoms with E-state index in [9.17, 15) is 14.4 Å². The number of aromatic amines is 1. The maximum Gasteiger partial charge on any atom is 0.262 e. The number of hydrogen-bond donors (Lipinski definition) is 3. The van der Waals surface area contributed by atoms with Gasteiger partial charge in [-0.1, -0.05) is 48.5 Å². The van der Waals surface area contributed by atoms with Crippen LogP contribution in [-0.2, 0) is 29.5 Å². The molecule has 168 valence electrons. The maximum atomic E-state index is 12.9. The van der Waals surface area contributed by atoms with Crippen LogP contribution in [0.4, 0.5) is 5.69 Å². The van der Waals surface area contributed by atoms with Crippen LogP contribution >= 0.6 is 0 Å². The zero-order chi connectivity index (χ0) is 23.2. The average molecular weight is 444 g/mol. The molecule has 0 aliphatic heterocycles. The molecule has 33 heavy (non-hydrogen) atoms. The molecule has 4 rings (SSSR count). The Kier molecular flexibility index (Phi) is 6.58. The molecule has 4 aromatic rings. The molecule has 0 aliphatic rings. The first-order valence-electron chi connectivity index (χ1n) is 10.6. The van der Waals surface area contributed by atoms with Gasteiger partial charge in [-0.15, -0.1) is 0 Å². The number of aryl methyl sites for hydroxylation is 2. The standard InChI is InChI=1S/C24H24N6O3/c1-30-22-18(15-25-30)23(32)29-20(28-22)12-13-21(31)27-19(14-16-8-4-2-5-9-16)24(33)26-17-10-6-3-7-11-17/h2-11,15,19H,12-14H2,1H3,(H,26,33)(H,27,31)(H,28,29,32). The van der Waals surface area contributed by atoms with E-state index in [1.165, 1.54) is 10.9 Å². The van der Waals surface area contributed by atoms with Crippen molar-refractivity contribution >= 4 is 28.5 Å². The first-order valence-corrected chi connectivity index (χ1v) is 10.6. The molecule has 2 heterocycles. The smallest absolute Gasteiger partial charge is 0.262 e. The van der Waals surface area contributed by atoms with E-state index in [2.05, 4.69) is 25.7 Å². The zero-order valence-electron chi connectivity index (χ0n) is 18.1. The Hall–Kier alpha value is -4.27. The second kappa shape index (κ2) is 9.90. The number of carbonyl (C=O) groups is 2. The number of hydrogen-bond acceptors (Lipinski definition) is 5. The van der Waals surface area contributed by atoms with Gasteiger partial charge in [0.2, 0.25) is 11.8 Å². The van der Waals surface area contributed by atoms with Crippen LogP contribution in [0.15, 0.2) is 71.7 Å². The summed E-state index contributed by atoms with van der Waals surface area (Å²) in [6.45, 7) is 0. The summed E-state index contributed by atoms with van der Waals surface area (Å²) >= 11 is 0. The van der Waals surface area contributed by atoms with Gasteiger partial charge in [0, 0.05) is 32.0 Å². The highest BCUT2D eigenvalue weighted by molar-refractivity contribution is 5.97. The Labute approximate surface area is 189 Å². The van der Waals surface area contributed by atoms with Crippen molar-refractivity contribution < 1.29 is 9.59 Å². The highest BCUT2D eigenvalue weighted by Crippen LogP contribution is 2.10. The van der Waals surface area contributed by atoms with Gasteiger partial charge in [-0.25, -0.2) is 4.98 Å². The van der Waals surface area contributed by atoms with Crippen LogP contribution in [0.3, 0.4) is 0 Å². The van der Waals surface area contributed by atoms with Crippen molar-refractivity contribution in [1.82, 2.24) is 25.1 Å². The molecule has 9 nitrogen and oxygen atoms in total. The van der Waals surface area contributed by atoms with Crippen molar-refractivity contribution in [2.75, 3.05) is 5.32 Å². The van der Waals surface area contributed by atoms with E-state index in [-0.39, 0.29) is 30.2 Å². The van der Waals surface area contributed by atoms with E-state index in [1.807, 2.05) is 48.5 Å². The molecule has 1 unspecified atom stereocenters. The molecule has 9 heteroatoms. The summed E-state index contributed by atoms with van der Waals surface area (Å²) < 4.78 is 1.51. The second-order valence-corrected chi connectivity index (χ2v) is 7.68. The Morgan fingerprint density at radius 2 is 1.76 bits per heavy atom. The fourth-order valence-corrected chi connectivity index (χ4v) is 3.50. The molecule has 2 aromatic heterocycles. The van der Waals surface area contributed by atoms with E-state index in [4.69, 9.17) is 0 Å². The molecular formula is C24H24N6O3. The zero-order valence-corrected chi connectivity index (χ0v) is 18.1. The summed E-state index contributed by atoms with van der Waals surface area (Å²) in [5, 5.41) is 10.1. The predicted octanol–water partition coefficient (Wildman–Crippen LogP) is 1.96. The highest BCUT2D eigenvalue weighted by atomic mass is 16.2. The fourth-order valence-electron chi connectivity index (χ4n) is 3.50. The summed E-state index contributed by atoms with van der Waals surface area (Å²) in [5.74, 6) is -0.229. The number of H-pyrrole nitrogens is 1. The number of nitrogens with one attached hydrogen (secondary N) is 3. The lowest BCUT2D eigenvalue weighted by molar-refractivity contribution is -0.126. The fraction of sp³-hybridized carbons (Fsp3) is 0.208.